The lowest BCUT2D eigenvalue weighted by Crippen LogP contribution is -2.02. The zero-order valence-electron chi connectivity index (χ0n) is 15.9. The van der Waals surface area contributed by atoms with E-state index in [1.807, 2.05) is 41.8 Å². The number of aromatic amines is 1. The highest BCUT2D eigenvalue weighted by Gasteiger charge is 2.15. The molecule has 1 amide bonds. The molecule has 2 heterocycles. The number of hydrogen-bond acceptors (Lipinski definition) is 6. The van der Waals surface area contributed by atoms with Crippen LogP contribution in [0.25, 0.3) is 22.3 Å². The van der Waals surface area contributed by atoms with Crippen LogP contribution < -0.4 is 0 Å². The number of nitrogens with one attached hydrogen (secondary N) is 1. The van der Waals surface area contributed by atoms with E-state index >= 15 is 0 Å². The van der Waals surface area contributed by atoms with Crippen LogP contribution >= 0.6 is 23.4 Å². The average Bonchev–Trinajstić information content (AvgIpc) is 3.31. The molecule has 2 aromatic carbocycles. The standard InChI is InChI=1S/C20H17ClN6O2S/c1-2-27-18(12-7-9-13(21)10-8-12)25-26-20(27)30-11-16(28)23-24-17-14-5-3-4-6-15(14)22-19(17)29/h3-10,22,29H,2,11H2,1H3. The first-order valence-corrected chi connectivity index (χ1v) is 10.5. The number of H-pyrrole nitrogens is 1. The van der Waals surface area contributed by atoms with E-state index < -0.39 is 5.91 Å². The Hall–Kier alpha value is -3.17. The molecule has 8 nitrogen and oxygen atoms in total. The van der Waals surface area contributed by atoms with Gasteiger partial charge in [0.05, 0.1) is 11.3 Å². The molecule has 0 aliphatic heterocycles. The summed E-state index contributed by atoms with van der Waals surface area (Å²) in [6.45, 7) is 2.63. The van der Waals surface area contributed by atoms with Gasteiger partial charge >= 0.3 is 0 Å². The van der Waals surface area contributed by atoms with Crippen molar-refractivity contribution in [1.82, 2.24) is 19.7 Å². The minimum Gasteiger partial charge on any atom is -0.493 e. The smallest absolute Gasteiger partial charge is 0.275 e. The van der Waals surface area contributed by atoms with Crippen LogP contribution in [0.1, 0.15) is 6.92 Å². The number of fused-ring (bicyclic) bond motifs is 1. The summed E-state index contributed by atoms with van der Waals surface area (Å²) in [7, 11) is 0. The quantitative estimate of drug-likeness (QED) is 0.316. The van der Waals surface area contributed by atoms with Gasteiger partial charge < -0.3 is 14.7 Å². The van der Waals surface area contributed by atoms with E-state index in [1.54, 1.807) is 18.2 Å². The van der Waals surface area contributed by atoms with E-state index in [0.29, 0.717) is 27.9 Å². The van der Waals surface area contributed by atoms with Gasteiger partial charge in [-0.3, -0.25) is 4.79 Å². The number of halogens is 1. The molecule has 0 aliphatic rings. The summed E-state index contributed by atoms with van der Waals surface area (Å²) in [5.41, 5.74) is 1.85. The highest BCUT2D eigenvalue weighted by atomic mass is 35.5. The van der Waals surface area contributed by atoms with Gasteiger partial charge in [-0.25, -0.2) is 0 Å². The van der Waals surface area contributed by atoms with E-state index in [9.17, 15) is 9.90 Å². The lowest BCUT2D eigenvalue weighted by molar-refractivity contribution is -0.115. The van der Waals surface area contributed by atoms with Gasteiger partial charge in [-0.1, -0.05) is 41.6 Å². The molecule has 10 heteroatoms. The average molecular weight is 441 g/mol. The maximum atomic E-state index is 12.2. The Morgan fingerprint density at radius 2 is 1.97 bits per heavy atom. The topological polar surface area (TPSA) is 109 Å². The minimum absolute atomic E-state index is 0.0470. The normalized spacial score (nSPS) is 11.5. The monoisotopic (exact) mass is 440 g/mol. The van der Waals surface area contributed by atoms with E-state index in [4.69, 9.17) is 11.6 Å². The number of thioether (sulfide) groups is 1. The fourth-order valence-electron chi connectivity index (χ4n) is 2.97. The Kier molecular flexibility index (Phi) is 5.82. The van der Waals surface area contributed by atoms with Crippen molar-refractivity contribution in [3.05, 3.63) is 53.6 Å². The van der Waals surface area contributed by atoms with E-state index in [1.165, 1.54) is 11.8 Å². The van der Waals surface area contributed by atoms with Crippen molar-refractivity contribution in [1.29, 1.82) is 0 Å². The number of azo groups is 1. The third-order valence-corrected chi connectivity index (χ3v) is 5.58. The molecule has 2 aromatic heterocycles. The number of para-hydroxylation sites is 1. The molecule has 0 radical (unpaired) electrons. The van der Waals surface area contributed by atoms with Crippen LogP contribution in [0.4, 0.5) is 5.69 Å². The second-order valence-electron chi connectivity index (χ2n) is 6.31. The van der Waals surface area contributed by atoms with Crippen LogP contribution in [0.15, 0.2) is 63.9 Å². The number of benzene rings is 2. The molecule has 0 atom stereocenters. The third kappa shape index (κ3) is 4.07. The number of carbonyl (C=O) groups excluding carboxylic acids is 1. The maximum Gasteiger partial charge on any atom is 0.275 e. The van der Waals surface area contributed by atoms with Crippen LogP contribution in [0.3, 0.4) is 0 Å². The molecule has 0 unspecified atom stereocenters. The van der Waals surface area contributed by atoms with Crippen molar-refractivity contribution >= 4 is 45.9 Å². The van der Waals surface area contributed by atoms with Gasteiger partial charge in [0.25, 0.3) is 5.91 Å². The summed E-state index contributed by atoms with van der Waals surface area (Å²) < 4.78 is 1.92. The van der Waals surface area contributed by atoms with Crippen LogP contribution in [0, 0.1) is 0 Å². The van der Waals surface area contributed by atoms with Gasteiger partial charge in [0.2, 0.25) is 5.88 Å². The summed E-state index contributed by atoms with van der Waals surface area (Å²) in [5.74, 6) is 0.183. The molecule has 4 aromatic rings. The van der Waals surface area contributed by atoms with Crippen molar-refractivity contribution in [3.8, 4) is 17.3 Å². The number of rotatable bonds is 6. The largest absolute Gasteiger partial charge is 0.493 e. The van der Waals surface area contributed by atoms with Crippen molar-refractivity contribution < 1.29 is 9.90 Å². The van der Waals surface area contributed by atoms with Gasteiger partial charge in [0, 0.05) is 22.5 Å². The molecule has 152 valence electrons. The van der Waals surface area contributed by atoms with Crippen LogP contribution in [0.5, 0.6) is 5.88 Å². The second kappa shape index (κ2) is 8.68. The molecule has 0 saturated carbocycles. The van der Waals surface area contributed by atoms with E-state index in [-0.39, 0.29) is 17.3 Å². The predicted molar refractivity (Wildman–Crippen MR) is 116 cm³/mol. The van der Waals surface area contributed by atoms with Gasteiger partial charge in [0.1, 0.15) is 0 Å². The number of carbonyl (C=O) groups is 1. The van der Waals surface area contributed by atoms with Crippen molar-refractivity contribution in [2.24, 2.45) is 10.2 Å². The van der Waals surface area contributed by atoms with Crippen molar-refractivity contribution in [2.75, 3.05) is 5.75 Å². The highest BCUT2D eigenvalue weighted by molar-refractivity contribution is 7.99. The molecule has 0 bridgehead atoms. The van der Waals surface area contributed by atoms with E-state index in [0.717, 1.165) is 11.1 Å². The number of nitrogens with zero attached hydrogens (tertiary/aromatic N) is 5. The third-order valence-electron chi connectivity index (χ3n) is 4.38. The molecule has 0 saturated heterocycles. The molecule has 0 spiro atoms. The second-order valence-corrected chi connectivity index (χ2v) is 7.69. The van der Waals surface area contributed by atoms with Crippen LogP contribution in [-0.2, 0) is 11.3 Å². The van der Waals surface area contributed by atoms with Crippen LogP contribution in [-0.4, -0.2) is 36.5 Å². The lowest BCUT2D eigenvalue weighted by Gasteiger charge is -2.06. The molecule has 0 aliphatic carbocycles. The molecule has 4 rings (SSSR count). The summed E-state index contributed by atoms with van der Waals surface area (Å²) in [6.07, 6.45) is 0. The Bertz CT molecular complexity index is 1230. The zero-order valence-corrected chi connectivity index (χ0v) is 17.5. The SMILES string of the molecule is CCn1c(SCC(=O)N=Nc2c(O)[nH]c3ccccc23)nnc1-c1ccc(Cl)cc1. The summed E-state index contributed by atoms with van der Waals surface area (Å²) in [4.78, 5) is 15.0. The van der Waals surface area contributed by atoms with Gasteiger partial charge in [-0.2, -0.15) is 0 Å². The first kappa shape index (κ1) is 20.1. The minimum atomic E-state index is -0.441. The van der Waals surface area contributed by atoms with Gasteiger partial charge in [-0.05, 0) is 37.3 Å². The van der Waals surface area contributed by atoms with E-state index in [2.05, 4.69) is 25.4 Å². The summed E-state index contributed by atoms with van der Waals surface area (Å²) in [6, 6.07) is 14.6. The molecule has 30 heavy (non-hydrogen) atoms. The summed E-state index contributed by atoms with van der Waals surface area (Å²) >= 11 is 7.18. The number of hydrogen-bond donors (Lipinski definition) is 2. The first-order chi connectivity index (χ1) is 14.6. The predicted octanol–water partition coefficient (Wildman–Crippen LogP) is 5.21. The first-order valence-electron chi connectivity index (χ1n) is 9.13. The Morgan fingerprint density at radius 1 is 1.20 bits per heavy atom. The lowest BCUT2D eigenvalue weighted by atomic mass is 10.2. The molecule has 2 N–H and O–H groups in total. The Balaban J connectivity index is 1.47. The number of amides is 1. The van der Waals surface area contributed by atoms with Crippen molar-refractivity contribution in [3.63, 3.8) is 0 Å². The molecular weight excluding hydrogens is 424 g/mol. The number of aromatic nitrogens is 4. The van der Waals surface area contributed by atoms with Crippen LogP contribution in [0.2, 0.25) is 5.02 Å². The summed E-state index contributed by atoms with van der Waals surface area (Å²) in [5, 5.41) is 28.1. The molecule has 0 fully saturated rings. The molecular formula is C20H17ClN6O2S. The van der Waals surface area contributed by atoms with Crippen molar-refractivity contribution in [2.45, 2.75) is 18.6 Å². The Morgan fingerprint density at radius 3 is 2.73 bits per heavy atom. The fraction of sp³-hybridized carbons (Fsp3) is 0.150. The Labute approximate surface area is 181 Å². The fourth-order valence-corrected chi connectivity index (χ4v) is 3.87. The van der Waals surface area contributed by atoms with Gasteiger partial charge in [0.15, 0.2) is 16.7 Å². The highest BCUT2D eigenvalue weighted by Crippen LogP contribution is 2.35. The number of aromatic hydroxyl groups is 1. The van der Waals surface area contributed by atoms with Gasteiger partial charge in [-0.15, -0.1) is 20.4 Å². The zero-order chi connectivity index (χ0) is 21.1. The maximum absolute atomic E-state index is 12.2.